The zero-order chi connectivity index (χ0) is 19.9. The van der Waals surface area contributed by atoms with Crippen LogP contribution in [0.4, 0.5) is 0 Å². The molecular formula is C20H22N2O5S. The number of sulfonamides is 1. The molecule has 0 radical (unpaired) electrons. The Labute approximate surface area is 164 Å². The molecule has 0 saturated heterocycles. The zero-order valence-corrected chi connectivity index (χ0v) is 16.5. The van der Waals surface area contributed by atoms with Crippen LogP contribution in [0.25, 0.3) is 0 Å². The van der Waals surface area contributed by atoms with Crippen molar-refractivity contribution in [3.05, 3.63) is 53.6 Å². The molecule has 2 aromatic rings. The minimum Gasteiger partial charge on any atom is -0.454 e. The maximum atomic E-state index is 12.8. The highest BCUT2D eigenvalue weighted by Crippen LogP contribution is 2.35. The third-order valence-corrected chi connectivity index (χ3v) is 6.34. The van der Waals surface area contributed by atoms with Gasteiger partial charge in [-0.3, -0.25) is 4.79 Å². The molecule has 1 aliphatic heterocycles. The van der Waals surface area contributed by atoms with E-state index in [2.05, 4.69) is 10.0 Å². The van der Waals surface area contributed by atoms with E-state index >= 15 is 0 Å². The molecule has 2 N–H and O–H groups in total. The fourth-order valence-electron chi connectivity index (χ4n) is 3.01. The van der Waals surface area contributed by atoms with E-state index in [1.54, 1.807) is 12.1 Å². The van der Waals surface area contributed by atoms with Gasteiger partial charge in [0, 0.05) is 11.6 Å². The first-order valence-corrected chi connectivity index (χ1v) is 10.6. The minimum absolute atomic E-state index is 0.00687. The first kappa shape index (κ1) is 18.8. The molecule has 1 fully saturated rings. The van der Waals surface area contributed by atoms with Gasteiger partial charge >= 0.3 is 0 Å². The smallest absolute Gasteiger partial charge is 0.251 e. The fourth-order valence-corrected chi connectivity index (χ4v) is 4.36. The van der Waals surface area contributed by atoms with Crippen LogP contribution in [0.3, 0.4) is 0 Å². The molecule has 148 valence electrons. The number of nitrogens with one attached hydrogen (secondary N) is 2. The number of hydrogen-bond acceptors (Lipinski definition) is 5. The van der Waals surface area contributed by atoms with Crippen LogP contribution >= 0.6 is 0 Å². The van der Waals surface area contributed by atoms with Crippen molar-refractivity contribution >= 4 is 15.9 Å². The molecule has 1 heterocycles. The fraction of sp³-hybridized carbons (Fsp3) is 0.350. The summed E-state index contributed by atoms with van der Waals surface area (Å²) in [5.74, 6) is 0.956. The number of ether oxygens (including phenoxy) is 2. The van der Waals surface area contributed by atoms with E-state index in [4.69, 9.17) is 9.47 Å². The van der Waals surface area contributed by atoms with E-state index < -0.39 is 15.6 Å². The Morgan fingerprint density at radius 2 is 1.82 bits per heavy atom. The van der Waals surface area contributed by atoms with Crippen LogP contribution in [0.2, 0.25) is 0 Å². The highest BCUT2D eigenvalue weighted by atomic mass is 32.2. The molecule has 0 unspecified atom stereocenters. The maximum absolute atomic E-state index is 12.8. The van der Waals surface area contributed by atoms with Gasteiger partial charge < -0.3 is 14.8 Å². The number of amides is 1. The molecule has 0 spiro atoms. The van der Waals surface area contributed by atoms with E-state index in [1.807, 2.05) is 32.0 Å². The van der Waals surface area contributed by atoms with Crippen LogP contribution in [0, 0.1) is 0 Å². The van der Waals surface area contributed by atoms with Gasteiger partial charge in [-0.2, -0.15) is 0 Å². The number of rotatable bonds is 6. The van der Waals surface area contributed by atoms with Gasteiger partial charge in [-0.05, 0) is 62.6 Å². The van der Waals surface area contributed by atoms with Crippen molar-refractivity contribution in [2.24, 2.45) is 0 Å². The number of carbonyl (C=O) groups is 1. The molecular weight excluding hydrogens is 380 g/mol. The molecule has 4 rings (SSSR count). The van der Waals surface area contributed by atoms with Crippen molar-refractivity contribution < 1.29 is 22.7 Å². The second-order valence-electron chi connectivity index (χ2n) is 7.57. The Morgan fingerprint density at radius 3 is 2.57 bits per heavy atom. The Kier molecular flexibility index (Phi) is 4.55. The summed E-state index contributed by atoms with van der Waals surface area (Å²) in [6.45, 7) is 3.93. The third-order valence-electron chi connectivity index (χ3n) is 4.83. The minimum atomic E-state index is -3.62. The number of fused-ring (bicyclic) bond motifs is 1. The predicted octanol–water partition coefficient (Wildman–Crippen LogP) is 2.52. The first-order valence-electron chi connectivity index (χ1n) is 9.10. The Morgan fingerprint density at radius 1 is 1.07 bits per heavy atom. The topological polar surface area (TPSA) is 93.7 Å². The average molecular weight is 402 g/mol. The number of benzene rings is 2. The summed E-state index contributed by atoms with van der Waals surface area (Å²) in [5.41, 5.74) is 0.441. The maximum Gasteiger partial charge on any atom is 0.251 e. The SMILES string of the molecule is CC(C)(NC(=O)c1cccc(S(=O)(=O)NC2CC2)c1)c1ccc2c(c1)OCO2. The number of hydrogen-bond donors (Lipinski definition) is 2. The highest BCUT2D eigenvalue weighted by molar-refractivity contribution is 7.89. The van der Waals surface area contributed by atoms with Gasteiger partial charge in [-0.1, -0.05) is 12.1 Å². The monoisotopic (exact) mass is 402 g/mol. The molecule has 8 heteroatoms. The Balaban J connectivity index is 1.53. The molecule has 1 saturated carbocycles. The molecule has 2 aliphatic rings. The van der Waals surface area contributed by atoms with Crippen molar-refractivity contribution in [2.45, 2.75) is 43.2 Å². The van der Waals surface area contributed by atoms with Gasteiger partial charge in [0.15, 0.2) is 11.5 Å². The highest BCUT2D eigenvalue weighted by Gasteiger charge is 2.29. The lowest BCUT2D eigenvalue weighted by atomic mass is 9.93. The van der Waals surface area contributed by atoms with Gasteiger partial charge in [0.05, 0.1) is 10.4 Å². The summed E-state index contributed by atoms with van der Waals surface area (Å²) in [5, 5.41) is 2.96. The van der Waals surface area contributed by atoms with Gasteiger partial charge in [0.25, 0.3) is 5.91 Å². The number of carbonyl (C=O) groups excluding carboxylic acids is 1. The van der Waals surface area contributed by atoms with Crippen LogP contribution in [0.5, 0.6) is 11.5 Å². The molecule has 7 nitrogen and oxygen atoms in total. The van der Waals surface area contributed by atoms with E-state index in [-0.39, 0.29) is 29.2 Å². The lowest BCUT2D eigenvalue weighted by Crippen LogP contribution is -2.41. The van der Waals surface area contributed by atoms with Crippen LogP contribution in [-0.2, 0) is 15.6 Å². The summed E-state index contributed by atoms with van der Waals surface area (Å²) in [6, 6.07) is 11.6. The Bertz CT molecular complexity index is 1030. The molecule has 1 amide bonds. The first-order chi connectivity index (χ1) is 13.2. The van der Waals surface area contributed by atoms with Crippen molar-refractivity contribution in [3.63, 3.8) is 0 Å². The lowest BCUT2D eigenvalue weighted by Gasteiger charge is -2.27. The standard InChI is InChI=1S/C20H22N2O5S/c1-20(2,14-6-9-17-18(11-14)27-12-26-17)21-19(23)13-4-3-5-16(10-13)28(24,25)22-15-7-8-15/h3-6,9-11,15,22H,7-8,12H2,1-2H3,(H,21,23). The third kappa shape index (κ3) is 3.83. The largest absolute Gasteiger partial charge is 0.454 e. The van der Waals surface area contributed by atoms with Crippen LogP contribution in [0.1, 0.15) is 42.6 Å². The molecule has 1 aliphatic carbocycles. The van der Waals surface area contributed by atoms with Gasteiger partial charge in [-0.25, -0.2) is 13.1 Å². The van der Waals surface area contributed by atoms with E-state index in [0.29, 0.717) is 11.5 Å². The van der Waals surface area contributed by atoms with Gasteiger partial charge in [0.1, 0.15) is 0 Å². The van der Waals surface area contributed by atoms with E-state index in [9.17, 15) is 13.2 Å². The second-order valence-corrected chi connectivity index (χ2v) is 9.28. The zero-order valence-electron chi connectivity index (χ0n) is 15.7. The van der Waals surface area contributed by atoms with Crippen LogP contribution < -0.4 is 19.5 Å². The van der Waals surface area contributed by atoms with Crippen LogP contribution in [0.15, 0.2) is 47.4 Å². The predicted molar refractivity (Wildman–Crippen MR) is 103 cm³/mol. The van der Waals surface area contributed by atoms with Gasteiger partial charge in [0.2, 0.25) is 16.8 Å². The van der Waals surface area contributed by atoms with Crippen molar-refractivity contribution in [3.8, 4) is 11.5 Å². The summed E-state index contributed by atoms with van der Waals surface area (Å²) in [7, 11) is -3.62. The van der Waals surface area contributed by atoms with Crippen molar-refractivity contribution in [1.82, 2.24) is 10.0 Å². The molecule has 28 heavy (non-hydrogen) atoms. The summed E-state index contributed by atoms with van der Waals surface area (Å²) in [4.78, 5) is 12.9. The molecule has 2 aromatic carbocycles. The van der Waals surface area contributed by atoms with Gasteiger partial charge in [-0.15, -0.1) is 0 Å². The van der Waals surface area contributed by atoms with E-state index in [0.717, 1.165) is 18.4 Å². The summed E-state index contributed by atoms with van der Waals surface area (Å²) in [6.07, 6.45) is 1.70. The molecule has 0 bridgehead atoms. The van der Waals surface area contributed by atoms with Crippen molar-refractivity contribution in [2.75, 3.05) is 6.79 Å². The molecule has 0 atom stereocenters. The van der Waals surface area contributed by atoms with Crippen LogP contribution in [-0.4, -0.2) is 27.2 Å². The van der Waals surface area contributed by atoms with Crippen molar-refractivity contribution in [1.29, 1.82) is 0 Å². The quantitative estimate of drug-likeness (QED) is 0.774. The second kappa shape index (κ2) is 6.79. The van der Waals surface area contributed by atoms with E-state index in [1.165, 1.54) is 12.1 Å². The lowest BCUT2D eigenvalue weighted by molar-refractivity contribution is 0.0911. The Hall–Kier alpha value is -2.58. The normalized spacial score (nSPS) is 16.1. The summed E-state index contributed by atoms with van der Waals surface area (Å²) < 4.78 is 38.2. The average Bonchev–Trinajstić information content (AvgIpc) is 3.32. The summed E-state index contributed by atoms with van der Waals surface area (Å²) >= 11 is 0. The molecule has 0 aromatic heterocycles.